The molecular weight excluding hydrogens is 124 g/mol. The maximum Gasteiger partial charge on any atom is 0.124 e. The Kier molecular flexibility index (Phi) is 5.80. The Bertz CT molecular complexity index is 141. The average Bonchev–Trinajstić information content (AvgIpc) is 1.98. The van der Waals surface area contributed by atoms with Crippen molar-refractivity contribution in [1.29, 1.82) is 0 Å². The largest absolute Gasteiger partial charge is 0.303 e. The van der Waals surface area contributed by atoms with E-state index in [0.717, 1.165) is 31.1 Å². The third-order valence-electron chi connectivity index (χ3n) is 1.41. The summed E-state index contributed by atoms with van der Waals surface area (Å²) in [6, 6.07) is 0. The lowest BCUT2D eigenvalue weighted by molar-refractivity contribution is -0.107. The highest BCUT2D eigenvalue weighted by molar-refractivity contribution is 5.53. The summed E-state index contributed by atoms with van der Waals surface area (Å²) in [5.41, 5.74) is 3.81. The van der Waals surface area contributed by atoms with Gasteiger partial charge in [-0.2, -0.15) is 0 Å². The lowest BCUT2D eigenvalue weighted by Gasteiger charge is -1.96. The van der Waals surface area contributed by atoms with Crippen LogP contribution in [0.4, 0.5) is 0 Å². The first-order valence-corrected chi connectivity index (χ1v) is 3.66. The smallest absolute Gasteiger partial charge is 0.124 e. The number of carbonyl (C=O) groups excluding carboxylic acids is 1. The first-order chi connectivity index (χ1) is 4.85. The van der Waals surface area contributed by atoms with E-state index in [9.17, 15) is 4.79 Å². The zero-order chi connectivity index (χ0) is 7.82. The molecule has 0 rings (SSSR count). The summed E-state index contributed by atoms with van der Waals surface area (Å²) in [4.78, 5) is 10.0. The van der Waals surface area contributed by atoms with Crippen molar-refractivity contribution in [3.8, 4) is 0 Å². The molecule has 10 heavy (non-hydrogen) atoms. The molecule has 0 aromatic heterocycles. The van der Waals surface area contributed by atoms with Crippen LogP contribution in [0.25, 0.3) is 0 Å². The van der Waals surface area contributed by atoms with Gasteiger partial charge in [0.2, 0.25) is 0 Å². The Morgan fingerprint density at radius 3 is 2.80 bits per heavy atom. The van der Waals surface area contributed by atoms with E-state index in [1.54, 1.807) is 0 Å². The van der Waals surface area contributed by atoms with Crippen molar-refractivity contribution < 1.29 is 4.79 Å². The van der Waals surface area contributed by atoms with Crippen LogP contribution in [-0.4, -0.2) is 6.29 Å². The molecule has 1 heteroatoms. The minimum Gasteiger partial charge on any atom is -0.303 e. The topological polar surface area (TPSA) is 17.1 Å². The van der Waals surface area contributed by atoms with Crippen molar-refractivity contribution in [3.05, 3.63) is 17.9 Å². The summed E-state index contributed by atoms with van der Waals surface area (Å²) in [7, 11) is 0. The predicted molar refractivity (Wildman–Crippen MR) is 42.9 cm³/mol. The van der Waals surface area contributed by atoms with Crippen LogP contribution in [0.2, 0.25) is 0 Å². The molecule has 0 aliphatic carbocycles. The standard InChI is InChI=1S/C9H14O/c1-3-5-6-9(4-2)7-8-10/h8H,2-3,5-7H2,1H3. The highest BCUT2D eigenvalue weighted by Crippen LogP contribution is 2.07. The summed E-state index contributed by atoms with van der Waals surface area (Å²) >= 11 is 0. The molecule has 1 nitrogen and oxygen atoms in total. The number of hydrogen-bond donors (Lipinski definition) is 0. The molecule has 0 fully saturated rings. The molecular formula is C9H14O. The first-order valence-electron chi connectivity index (χ1n) is 3.66. The Balaban J connectivity index is 3.62. The van der Waals surface area contributed by atoms with E-state index < -0.39 is 0 Å². The van der Waals surface area contributed by atoms with Gasteiger partial charge in [0.1, 0.15) is 6.29 Å². The van der Waals surface area contributed by atoms with Crippen molar-refractivity contribution in [2.75, 3.05) is 0 Å². The predicted octanol–water partition coefficient (Wildman–Crippen LogP) is 2.48. The number of rotatable bonds is 5. The fraction of sp³-hybridized carbons (Fsp3) is 0.556. The van der Waals surface area contributed by atoms with Crippen LogP contribution >= 0.6 is 0 Å². The van der Waals surface area contributed by atoms with E-state index in [0.29, 0.717) is 6.42 Å². The van der Waals surface area contributed by atoms with E-state index in [4.69, 9.17) is 0 Å². The molecule has 0 aliphatic rings. The second-order valence-electron chi connectivity index (χ2n) is 2.25. The van der Waals surface area contributed by atoms with Crippen LogP contribution in [-0.2, 0) is 4.79 Å². The fourth-order valence-corrected chi connectivity index (χ4v) is 0.753. The highest BCUT2D eigenvalue weighted by atomic mass is 16.1. The molecule has 0 radical (unpaired) electrons. The van der Waals surface area contributed by atoms with Crippen LogP contribution in [0.15, 0.2) is 17.9 Å². The lowest BCUT2D eigenvalue weighted by atomic mass is 10.1. The third-order valence-corrected chi connectivity index (χ3v) is 1.41. The molecule has 0 spiro atoms. The summed E-state index contributed by atoms with van der Waals surface area (Å²) < 4.78 is 0. The van der Waals surface area contributed by atoms with Crippen LogP contribution in [0.1, 0.15) is 32.6 Å². The van der Waals surface area contributed by atoms with Gasteiger partial charge in [-0.3, -0.25) is 0 Å². The van der Waals surface area contributed by atoms with Gasteiger partial charge in [0, 0.05) is 6.42 Å². The summed E-state index contributed by atoms with van der Waals surface area (Å²) in [6.45, 7) is 5.64. The number of unbranched alkanes of at least 4 members (excludes halogenated alkanes) is 1. The first kappa shape index (κ1) is 9.19. The second-order valence-corrected chi connectivity index (χ2v) is 2.25. The Morgan fingerprint density at radius 1 is 1.70 bits per heavy atom. The monoisotopic (exact) mass is 138 g/mol. The number of allylic oxidation sites excluding steroid dienone is 1. The quantitative estimate of drug-likeness (QED) is 0.421. The zero-order valence-electron chi connectivity index (χ0n) is 6.52. The van der Waals surface area contributed by atoms with E-state index in [1.165, 1.54) is 0 Å². The van der Waals surface area contributed by atoms with Gasteiger partial charge >= 0.3 is 0 Å². The van der Waals surface area contributed by atoms with E-state index >= 15 is 0 Å². The SMILES string of the molecule is C=C=C(CC=O)CCCC. The second kappa shape index (κ2) is 6.31. The molecule has 0 aliphatic heterocycles. The van der Waals surface area contributed by atoms with Crippen molar-refractivity contribution in [1.82, 2.24) is 0 Å². The summed E-state index contributed by atoms with van der Waals surface area (Å²) in [5, 5.41) is 0. The molecule has 0 aromatic carbocycles. The van der Waals surface area contributed by atoms with Gasteiger partial charge in [0.15, 0.2) is 0 Å². The Labute approximate surface area is 62.4 Å². The molecule has 0 saturated carbocycles. The molecule has 0 unspecified atom stereocenters. The molecule has 56 valence electrons. The van der Waals surface area contributed by atoms with Gasteiger partial charge in [-0.25, -0.2) is 0 Å². The van der Waals surface area contributed by atoms with E-state index in [-0.39, 0.29) is 0 Å². The van der Waals surface area contributed by atoms with E-state index in [1.807, 2.05) is 0 Å². The highest BCUT2D eigenvalue weighted by Gasteiger charge is 1.92. The third kappa shape index (κ3) is 4.11. The molecule has 0 N–H and O–H groups in total. The summed E-state index contributed by atoms with van der Waals surface area (Å²) in [6.07, 6.45) is 4.67. The van der Waals surface area contributed by atoms with E-state index in [2.05, 4.69) is 19.2 Å². The summed E-state index contributed by atoms with van der Waals surface area (Å²) in [5.74, 6) is 0. The molecule has 0 heterocycles. The van der Waals surface area contributed by atoms with Gasteiger partial charge in [-0.15, -0.1) is 5.73 Å². The molecule has 0 amide bonds. The minimum atomic E-state index is 0.503. The molecule has 0 saturated heterocycles. The van der Waals surface area contributed by atoms with Crippen LogP contribution in [0, 0.1) is 0 Å². The van der Waals surface area contributed by atoms with Crippen molar-refractivity contribution in [2.24, 2.45) is 0 Å². The van der Waals surface area contributed by atoms with Crippen LogP contribution < -0.4 is 0 Å². The maximum atomic E-state index is 10.0. The van der Waals surface area contributed by atoms with Gasteiger partial charge in [-0.05, 0) is 18.4 Å². The number of hydrogen-bond acceptors (Lipinski definition) is 1. The zero-order valence-corrected chi connectivity index (χ0v) is 6.52. The van der Waals surface area contributed by atoms with Gasteiger partial charge in [-0.1, -0.05) is 19.9 Å². The van der Waals surface area contributed by atoms with Crippen LogP contribution in [0.5, 0.6) is 0 Å². The molecule has 0 bridgehead atoms. The normalized spacial score (nSPS) is 8.50. The maximum absolute atomic E-state index is 10.0. The Hall–Kier alpha value is -0.810. The average molecular weight is 138 g/mol. The lowest BCUT2D eigenvalue weighted by Crippen LogP contribution is -1.83. The molecule has 0 aromatic rings. The van der Waals surface area contributed by atoms with Crippen molar-refractivity contribution >= 4 is 6.29 Å². The van der Waals surface area contributed by atoms with Gasteiger partial charge in [0.05, 0.1) is 0 Å². The van der Waals surface area contributed by atoms with Crippen molar-refractivity contribution in [2.45, 2.75) is 32.6 Å². The van der Waals surface area contributed by atoms with Gasteiger partial charge < -0.3 is 4.79 Å². The molecule has 0 atom stereocenters. The van der Waals surface area contributed by atoms with Crippen LogP contribution in [0.3, 0.4) is 0 Å². The van der Waals surface area contributed by atoms with Crippen molar-refractivity contribution in [3.63, 3.8) is 0 Å². The minimum absolute atomic E-state index is 0.503. The number of aldehydes is 1. The Morgan fingerprint density at radius 2 is 2.40 bits per heavy atom. The number of carbonyl (C=O) groups is 1. The fourth-order valence-electron chi connectivity index (χ4n) is 0.753. The van der Waals surface area contributed by atoms with Gasteiger partial charge in [0.25, 0.3) is 0 Å².